The minimum absolute atomic E-state index is 0.342. The van der Waals surface area contributed by atoms with Gasteiger partial charge in [-0.3, -0.25) is 9.69 Å². The summed E-state index contributed by atoms with van der Waals surface area (Å²) in [6, 6.07) is 12.0. The molecular formula is C19H19Cl2NO3. The molecule has 4 nitrogen and oxygen atoms in total. The molecular weight excluding hydrogens is 361 g/mol. The number of aliphatic carboxylic acids is 1. The fourth-order valence-electron chi connectivity index (χ4n) is 3.50. The number of likely N-dealkylation sites (tertiary alicyclic amines) is 1. The summed E-state index contributed by atoms with van der Waals surface area (Å²) in [7, 11) is 1.59. The van der Waals surface area contributed by atoms with E-state index < -0.39 is 12.0 Å². The predicted molar refractivity (Wildman–Crippen MR) is 98.7 cm³/mol. The van der Waals surface area contributed by atoms with Gasteiger partial charge < -0.3 is 9.84 Å². The monoisotopic (exact) mass is 379 g/mol. The Kier molecular flexibility index (Phi) is 5.52. The Morgan fingerprint density at radius 2 is 2.00 bits per heavy atom. The number of halogens is 2. The maximum Gasteiger partial charge on any atom is 0.320 e. The minimum Gasteiger partial charge on any atom is -0.496 e. The molecule has 1 aliphatic rings. The highest BCUT2D eigenvalue weighted by atomic mass is 35.5. The normalized spacial score (nSPS) is 18.9. The van der Waals surface area contributed by atoms with Crippen LogP contribution in [0.2, 0.25) is 10.0 Å². The molecule has 25 heavy (non-hydrogen) atoms. The van der Waals surface area contributed by atoms with Crippen LogP contribution in [0.5, 0.6) is 5.75 Å². The van der Waals surface area contributed by atoms with E-state index in [4.69, 9.17) is 27.9 Å². The van der Waals surface area contributed by atoms with Crippen LogP contribution in [0.3, 0.4) is 0 Å². The number of carboxylic acid groups (broad SMARTS) is 1. The molecule has 0 aliphatic carbocycles. The molecule has 1 saturated heterocycles. The van der Waals surface area contributed by atoms with Gasteiger partial charge in [0.15, 0.2) is 0 Å². The Morgan fingerprint density at radius 1 is 1.24 bits per heavy atom. The van der Waals surface area contributed by atoms with Gasteiger partial charge in [0.1, 0.15) is 11.8 Å². The van der Waals surface area contributed by atoms with E-state index >= 15 is 0 Å². The van der Waals surface area contributed by atoms with Gasteiger partial charge >= 0.3 is 5.97 Å². The van der Waals surface area contributed by atoms with Crippen molar-refractivity contribution < 1.29 is 14.6 Å². The first-order valence-electron chi connectivity index (χ1n) is 8.09. The molecule has 0 bridgehead atoms. The molecule has 2 aromatic carbocycles. The molecule has 1 aliphatic heterocycles. The summed E-state index contributed by atoms with van der Waals surface area (Å²) in [5.74, 6) is -0.166. The maximum absolute atomic E-state index is 11.8. The molecule has 2 aromatic rings. The fraction of sp³-hybridized carbons (Fsp3) is 0.316. The van der Waals surface area contributed by atoms with E-state index in [1.165, 1.54) is 0 Å². The number of ether oxygens (including phenoxy) is 1. The van der Waals surface area contributed by atoms with E-state index in [-0.39, 0.29) is 6.04 Å². The fourth-order valence-corrected chi connectivity index (χ4v) is 3.92. The Labute approximate surface area is 156 Å². The number of methoxy groups -OCH3 is 1. The van der Waals surface area contributed by atoms with E-state index in [9.17, 15) is 9.90 Å². The highest BCUT2D eigenvalue weighted by molar-refractivity contribution is 6.31. The highest BCUT2D eigenvalue weighted by Crippen LogP contribution is 2.42. The predicted octanol–water partition coefficient (Wildman–Crippen LogP) is 4.64. The first-order chi connectivity index (χ1) is 12.0. The molecule has 1 N–H and O–H groups in total. The van der Waals surface area contributed by atoms with Crippen molar-refractivity contribution in [3.8, 4) is 5.75 Å². The lowest BCUT2D eigenvalue weighted by Crippen LogP contribution is -2.39. The largest absolute Gasteiger partial charge is 0.496 e. The molecule has 0 spiro atoms. The number of hydrogen-bond acceptors (Lipinski definition) is 3. The van der Waals surface area contributed by atoms with Crippen molar-refractivity contribution in [1.82, 2.24) is 4.90 Å². The standard InChI is InChI=1S/C19H19Cl2NO3/c1-25-17-9-8-12(20)11-14(17)18(13-5-2-3-6-15(13)21)22-10-4-7-16(22)19(23)24/h2-3,5-6,8-9,11,16,18H,4,7,10H2,1H3,(H,23,24). The van der Waals surface area contributed by atoms with Crippen LogP contribution in [-0.2, 0) is 4.79 Å². The van der Waals surface area contributed by atoms with Gasteiger partial charge in [0.2, 0.25) is 0 Å². The lowest BCUT2D eigenvalue weighted by molar-refractivity contribution is -0.142. The van der Waals surface area contributed by atoms with E-state index in [1.54, 1.807) is 19.2 Å². The zero-order chi connectivity index (χ0) is 18.0. The van der Waals surface area contributed by atoms with Crippen molar-refractivity contribution in [1.29, 1.82) is 0 Å². The Balaban J connectivity index is 2.18. The molecule has 0 amide bonds. The van der Waals surface area contributed by atoms with Gasteiger partial charge in [0.25, 0.3) is 0 Å². The van der Waals surface area contributed by atoms with Crippen molar-refractivity contribution in [3.63, 3.8) is 0 Å². The summed E-state index contributed by atoms with van der Waals surface area (Å²) in [4.78, 5) is 13.7. The smallest absolute Gasteiger partial charge is 0.320 e. The van der Waals surface area contributed by atoms with Crippen LogP contribution < -0.4 is 4.74 Å². The van der Waals surface area contributed by atoms with E-state index in [0.29, 0.717) is 28.8 Å². The summed E-state index contributed by atoms with van der Waals surface area (Å²) >= 11 is 12.7. The third kappa shape index (κ3) is 3.61. The third-order valence-electron chi connectivity index (χ3n) is 4.60. The van der Waals surface area contributed by atoms with Crippen molar-refractivity contribution in [2.45, 2.75) is 24.9 Å². The molecule has 132 valence electrons. The van der Waals surface area contributed by atoms with Gasteiger partial charge in [0, 0.05) is 22.2 Å². The van der Waals surface area contributed by atoms with Gasteiger partial charge in [-0.15, -0.1) is 0 Å². The van der Waals surface area contributed by atoms with E-state index in [2.05, 4.69) is 0 Å². The van der Waals surface area contributed by atoms with Crippen LogP contribution in [-0.4, -0.2) is 35.7 Å². The number of hydrogen-bond donors (Lipinski definition) is 1. The van der Waals surface area contributed by atoms with Crippen LogP contribution in [0.25, 0.3) is 0 Å². The second kappa shape index (κ2) is 7.65. The summed E-state index contributed by atoms with van der Waals surface area (Å²) in [6.45, 7) is 0.669. The summed E-state index contributed by atoms with van der Waals surface area (Å²) in [5.41, 5.74) is 1.66. The summed E-state index contributed by atoms with van der Waals surface area (Å²) < 4.78 is 5.52. The van der Waals surface area contributed by atoms with E-state index in [1.807, 2.05) is 35.2 Å². The average Bonchev–Trinajstić information content (AvgIpc) is 3.07. The van der Waals surface area contributed by atoms with Crippen LogP contribution in [0.4, 0.5) is 0 Å². The first kappa shape index (κ1) is 18.1. The van der Waals surface area contributed by atoms with Gasteiger partial charge in [-0.25, -0.2) is 0 Å². The maximum atomic E-state index is 11.8. The number of nitrogens with zero attached hydrogens (tertiary/aromatic N) is 1. The Bertz CT molecular complexity index is 781. The van der Waals surface area contributed by atoms with Crippen molar-refractivity contribution >= 4 is 29.2 Å². The Morgan fingerprint density at radius 3 is 2.68 bits per heavy atom. The van der Waals surface area contributed by atoms with Crippen molar-refractivity contribution in [2.75, 3.05) is 13.7 Å². The molecule has 1 heterocycles. The molecule has 1 fully saturated rings. The molecule has 0 aromatic heterocycles. The number of carbonyl (C=O) groups is 1. The molecule has 2 unspecified atom stereocenters. The van der Waals surface area contributed by atoms with E-state index in [0.717, 1.165) is 17.5 Å². The van der Waals surface area contributed by atoms with Crippen molar-refractivity contribution in [2.24, 2.45) is 0 Å². The molecule has 6 heteroatoms. The average molecular weight is 380 g/mol. The first-order valence-corrected chi connectivity index (χ1v) is 8.85. The van der Waals surface area contributed by atoms with Gasteiger partial charge in [-0.2, -0.15) is 0 Å². The highest BCUT2D eigenvalue weighted by Gasteiger charge is 2.38. The molecule has 0 radical (unpaired) electrons. The van der Waals surface area contributed by atoms with Crippen LogP contribution in [0, 0.1) is 0 Å². The SMILES string of the molecule is COc1ccc(Cl)cc1C(c1ccccc1Cl)N1CCCC1C(=O)O. The number of carboxylic acids is 1. The summed E-state index contributed by atoms with van der Waals surface area (Å²) in [6.07, 6.45) is 1.43. The molecule has 3 rings (SSSR count). The quantitative estimate of drug-likeness (QED) is 0.821. The van der Waals surface area contributed by atoms with Gasteiger partial charge in [-0.05, 0) is 42.7 Å². The van der Waals surface area contributed by atoms with Gasteiger partial charge in [0.05, 0.1) is 13.2 Å². The zero-order valence-corrected chi connectivity index (χ0v) is 15.3. The lowest BCUT2D eigenvalue weighted by atomic mass is 9.95. The number of rotatable bonds is 5. The number of benzene rings is 2. The zero-order valence-electron chi connectivity index (χ0n) is 13.8. The van der Waals surface area contributed by atoms with Crippen molar-refractivity contribution in [3.05, 3.63) is 63.6 Å². The van der Waals surface area contributed by atoms with Gasteiger partial charge in [-0.1, -0.05) is 41.4 Å². The Hall–Kier alpha value is -1.75. The third-order valence-corrected chi connectivity index (χ3v) is 5.18. The van der Waals surface area contributed by atoms with Crippen LogP contribution in [0.15, 0.2) is 42.5 Å². The second-order valence-corrected chi connectivity index (χ2v) is 6.89. The lowest BCUT2D eigenvalue weighted by Gasteiger charge is -2.33. The summed E-state index contributed by atoms with van der Waals surface area (Å²) in [5, 5.41) is 10.8. The topological polar surface area (TPSA) is 49.8 Å². The van der Waals surface area contributed by atoms with Crippen LogP contribution >= 0.6 is 23.2 Å². The van der Waals surface area contributed by atoms with Crippen LogP contribution in [0.1, 0.15) is 30.0 Å². The molecule has 0 saturated carbocycles. The minimum atomic E-state index is -0.824. The molecule has 2 atom stereocenters. The second-order valence-electron chi connectivity index (χ2n) is 6.04.